The number of hydrogen-bond acceptors (Lipinski definition) is 4. The van der Waals surface area contributed by atoms with E-state index in [1.165, 1.54) is 17.4 Å². The highest BCUT2D eigenvalue weighted by Gasteiger charge is 2.08. The Kier molecular flexibility index (Phi) is 4.22. The number of hydrogen-bond donors (Lipinski definition) is 2. The topological polar surface area (TPSA) is 68.0 Å². The summed E-state index contributed by atoms with van der Waals surface area (Å²) in [5, 5.41) is 3.34. The summed E-state index contributed by atoms with van der Waals surface area (Å²) in [6.07, 6.45) is 3.28. The van der Waals surface area contributed by atoms with Crippen molar-refractivity contribution in [1.29, 1.82) is 0 Å². The summed E-state index contributed by atoms with van der Waals surface area (Å²) in [5.74, 6) is -0.187. The number of nitrogens with zero attached hydrogens (tertiary/aromatic N) is 1. The molecule has 3 aromatic rings. The van der Waals surface area contributed by atoms with E-state index in [0.29, 0.717) is 10.8 Å². The number of anilines is 2. The fourth-order valence-electron chi connectivity index (χ4n) is 2.00. The molecule has 1 aromatic heterocycles. The molecule has 0 spiro atoms. The number of rotatable bonds is 3. The molecule has 0 aliphatic rings. The molecule has 0 atom stereocenters. The molecule has 4 nitrogen and oxygen atoms in total. The highest BCUT2D eigenvalue weighted by molar-refractivity contribution is 9.10. The lowest BCUT2D eigenvalue weighted by Gasteiger charge is -2.03. The summed E-state index contributed by atoms with van der Waals surface area (Å²) in [5.41, 5.74) is 8.19. The van der Waals surface area contributed by atoms with E-state index in [2.05, 4.69) is 26.2 Å². The van der Waals surface area contributed by atoms with Crippen molar-refractivity contribution in [1.82, 2.24) is 4.98 Å². The molecule has 22 heavy (non-hydrogen) atoms. The van der Waals surface area contributed by atoms with Gasteiger partial charge >= 0.3 is 0 Å². The zero-order valence-electron chi connectivity index (χ0n) is 11.4. The lowest BCUT2D eigenvalue weighted by molar-refractivity contribution is -0.111. The monoisotopic (exact) mass is 373 g/mol. The van der Waals surface area contributed by atoms with Crippen LogP contribution in [0.5, 0.6) is 0 Å². The average molecular weight is 374 g/mol. The van der Waals surface area contributed by atoms with Gasteiger partial charge in [0.15, 0.2) is 5.13 Å². The van der Waals surface area contributed by atoms with Crippen LogP contribution in [0.2, 0.25) is 0 Å². The molecule has 1 heterocycles. The van der Waals surface area contributed by atoms with Gasteiger partial charge in [-0.05, 0) is 39.7 Å². The summed E-state index contributed by atoms with van der Waals surface area (Å²) < 4.78 is 1.73. The van der Waals surface area contributed by atoms with Crippen LogP contribution in [0.4, 0.5) is 10.8 Å². The Morgan fingerprint density at radius 2 is 2.05 bits per heavy atom. The van der Waals surface area contributed by atoms with Gasteiger partial charge in [-0.1, -0.05) is 41.7 Å². The number of nitrogens with one attached hydrogen (secondary N) is 1. The first-order valence-electron chi connectivity index (χ1n) is 6.51. The normalized spacial score (nSPS) is 11.1. The second-order valence-corrected chi connectivity index (χ2v) is 6.51. The minimum Gasteiger partial charge on any atom is -0.375 e. The number of thiazole rings is 1. The molecule has 3 N–H and O–H groups in total. The van der Waals surface area contributed by atoms with Crippen molar-refractivity contribution >= 4 is 60.3 Å². The number of benzene rings is 2. The molecule has 1 amide bonds. The quantitative estimate of drug-likeness (QED) is 0.672. The van der Waals surface area contributed by atoms with Crippen molar-refractivity contribution in [3.8, 4) is 0 Å². The Morgan fingerprint density at radius 3 is 2.82 bits per heavy atom. The summed E-state index contributed by atoms with van der Waals surface area (Å²) >= 11 is 4.83. The molecule has 0 radical (unpaired) electrons. The van der Waals surface area contributed by atoms with Crippen molar-refractivity contribution in [3.05, 3.63) is 58.6 Å². The van der Waals surface area contributed by atoms with Crippen LogP contribution in [0, 0.1) is 0 Å². The summed E-state index contributed by atoms with van der Waals surface area (Å²) in [6, 6.07) is 13.3. The van der Waals surface area contributed by atoms with E-state index in [4.69, 9.17) is 5.73 Å². The number of carbonyl (C=O) groups excluding carboxylic acids is 1. The van der Waals surface area contributed by atoms with Crippen molar-refractivity contribution < 1.29 is 4.79 Å². The van der Waals surface area contributed by atoms with Crippen LogP contribution in [0.1, 0.15) is 5.56 Å². The van der Waals surface area contributed by atoms with Crippen molar-refractivity contribution in [2.24, 2.45) is 0 Å². The third kappa shape index (κ3) is 3.35. The standard InChI is InChI=1S/C16H12BrN3OS/c17-12-8-11(9-13-15(12)20-16(18)22-13)19-14(21)7-6-10-4-2-1-3-5-10/h1-9H,(H2,18,20)(H,19,21)/b7-6+. The molecule has 0 aliphatic heterocycles. The van der Waals surface area contributed by atoms with Crippen LogP contribution in [0.25, 0.3) is 16.3 Å². The predicted molar refractivity (Wildman–Crippen MR) is 95.8 cm³/mol. The molecule has 6 heteroatoms. The van der Waals surface area contributed by atoms with Gasteiger partial charge in [0.1, 0.15) is 0 Å². The van der Waals surface area contributed by atoms with Crippen LogP contribution < -0.4 is 11.1 Å². The number of halogens is 1. The Balaban J connectivity index is 1.78. The van der Waals surface area contributed by atoms with Crippen LogP contribution >= 0.6 is 27.3 Å². The van der Waals surface area contributed by atoms with E-state index in [0.717, 1.165) is 20.3 Å². The first-order valence-corrected chi connectivity index (χ1v) is 8.12. The smallest absolute Gasteiger partial charge is 0.248 e. The zero-order chi connectivity index (χ0) is 15.5. The largest absolute Gasteiger partial charge is 0.375 e. The summed E-state index contributed by atoms with van der Waals surface area (Å²) in [7, 11) is 0. The second-order valence-electron chi connectivity index (χ2n) is 4.59. The third-order valence-corrected chi connectivity index (χ3v) is 4.40. The van der Waals surface area contributed by atoms with Crippen LogP contribution in [-0.4, -0.2) is 10.9 Å². The van der Waals surface area contributed by atoms with E-state index in [9.17, 15) is 4.79 Å². The number of amides is 1. The molecule has 0 bridgehead atoms. The third-order valence-electron chi connectivity index (χ3n) is 2.96. The van der Waals surface area contributed by atoms with Gasteiger partial charge in [-0.25, -0.2) is 4.98 Å². The van der Waals surface area contributed by atoms with Crippen molar-refractivity contribution in [2.45, 2.75) is 0 Å². The van der Waals surface area contributed by atoms with E-state index < -0.39 is 0 Å². The maximum atomic E-state index is 12.0. The second kappa shape index (κ2) is 6.29. The Labute approximate surface area is 139 Å². The lowest BCUT2D eigenvalue weighted by Crippen LogP contribution is -2.07. The van der Waals surface area contributed by atoms with E-state index >= 15 is 0 Å². The van der Waals surface area contributed by atoms with E-state index in [1.54, 1.807) is 6.08 Å². The highest BCUT2D eigenvalue weighted by Crippen LogP contribution is 2.32. The SMILES string of the molecule is Nc1nc2c(Br)cc(NC(=O)/C=C/c3ccccc3)cc2s1. The molecule has 0 unspecified atom stereocenters. The number of aromatic nitrogens is 1. The zero-order valence-corrected chi connectivity index (χ0v) is 13.8. The molecule has 2 aromatic carbocycles. The van der Waals surface area contributed by atoms with Gasteiger partial charge in [0.25, 0.3) is 0 Å². The Hall–Kier alpha value is -2.18. The number of fused-ring (bicyclic) bond motifs is 1. The first kappa shape index (κ1) is 14.7. The van der Waals surface area contributed by atoms with Crippen LogP contribution in [-0.2, 0) is 4.79 Å². The predicted octanol–water partition coefficient (Wildman–Crippen LogP) is 4.29. The first-order chi connectivity index (χ1) is 10.6. The van der Waals surface area contributed by atoms with Gasteiger partial charge < -0.3 is 11.1 Å². The van der Waals surface area contributed by atoms with Gasteiger partial charge in [0.2, 0.25) is 5.91 Å². The maximum absolute atomic E-state index is 12.0. The molecular weight excluding hydrogens is 362 g/mol. The van der Waals surface area contributed by atoms with Crippen LogP contribution in [0.3, 0.4) is 0 Å². The summed E-state index contributed by atoms with van der Waals surface area (Å²) in [4.78, 5) is 16.2. The minimum absolute atomic E-state index is 0.187. The van der Waals surface area contributed by atoms with Crippen molar-refractivity contribution in [2.75, 3.05) is 11.1 Å². The van der Waals surface area contributed by atoms with Gasteiger partial charge in [-0.2, -0.15) is 0 Å². The fourth-order valence-corrected chi connectivity index (χ4v) is 3.48. The van der Waals surface area contributed by atoms with Gasteiger partial charge in [0, 0.05) is 16.2 Å². The lowest BCUT2D eigenvalue weighted by atomic mass is 10.2. The number of nitrogen functional groups attached to an aromatic ring is 1. The molecule has 0 aliphatic carbocycles. The van der Waals surface area contributed by atoms with Gasteiger partial charge in [0.05, 0.1) is 10.2 Å². The Morgan fingerprint density at radius 1 is 1.27 bits per heavy atom. The molecule has 0 saturated carbocycles. The Bertz CT molecular complexity index is 858. The molecule has 3 rings (SSSR count). The van der Waals surface area contributed by atoms with E-state index in [-0.39, 0.29) is 5.91 Å². The number of carbonyl (C=O) groups is 1. The molecular formula is C16H12BrN3OS. The van der Waals surface area contributed by atoms with Gasteiger partial charge in [-0.3, -0.25) is 4.79 Å². The molecule has 0 fully saturated rings. The van der Waals surface area contributed by atoms with E-state index in [1.807, 2.05) is 42.5 Å². The minimum atomic E-state index is -0.187. The van der Waals surface area contributed by atoms with Crippen molar-refractivity contribution in [3.63, 3.8) is 0 Å². The molecule has 110 valence electrons. The highest BCUT2D eigenvalue weighted by atomic mass is 79.9. The van der Waals surface area contributed by atoms with Crippen LogP contribution in [0.15, 0.2) is 53.0 Å². The van der Waals surface area contributed by atoms with Gasteiger partial charge in [-0.15, -0.1) is 0 Å². The fraction of sp³-hybridized carbons (Fsp3) is 0. The maximum Gasteiger partial charge on any atom is 0.248 e. The average Bonchev–Trinajstić information content (AvgIpc) is 2.87. The number of nitrogens with two attached hydrogens (primary N) is 1. The molecule has 0 saturated heterocycles. The summed E-state index contributed by atoms with van der Waals surface area (Å²) in [6.45, 7) is 0.